The first-order valence-electron chi connectivity index (χ1n) is 9.46. The smallest absolute Gasteiger partial charge is 0.335 e. The van der Waals surface area contributed by atoms with Crippen LogP contribution in [0.2, 0.25) is 0 Å². The third-order valence-corrected chi connectivity index (χ3v) is 3.70. The quantitative estimate of drug-likeness (QED) is 0.194. The average Bonchev–Trinajstić information content (AvgIpc) is 2.86. The maximum absolute atomic E-state index is 11.2. The van der Waals surface area contributed by atoms with Crippen molar-refractivity contribution < 1.29 is 29.4 Å². The van der Waals surface area contributed by atoms with Crippen LogP contribution in [0.25, 0.3) is 11.4 Å². The number of carboxylic acid groups (broad SMARTS) is 1. The van der Waals surface area contributed by atoms with Crippen LogP contribution in [0.15, 0.2) is 97.8 Å². The Morgan fingerprint density at radius 3 is 1.66 bits per heavy atom. The van der Waals surface area contributed by atoms with Gasteiger partial charge in [-0.15, -0.1) is 12.6 Å². The number of benzene rings is 2. The Labute approximate surface area is 211 Å². The first-order chi connectivity index (χ1) is 16.6. The number of aromatic carboxylic acids is 1. The Morgan fingerprint density at radius 1 is 0.771 bits per heavy atom. The lowest BCUT2D eigenvalue weighted by molar-refractivity contribution is 0.0696. The zero-order valence-electron chi connectivity index (χ0n) is 17.9. The summed E-state index contributed by atoms with van der Waals surface area (Å²) in [6.07, 6.45) is 8.16. The molecule has 4 rings (SSSR count). The van der Waals surface area contributed by atoms with Crippen molar-refractivity contribution >= 4 is 42.2 Å². The molecule has 10 nitrogen and oxygen atoms in total. The van der Waals surface area contributed by atoms with Crippen molar-refractivity contribution in [2.45, 2.75) is 0 Å². The first kappa shape index (κ1) is 29.7. The highest BCUT2D eigenvalue weighted by Gasteiger charge is 2.10. The molecule has 0 saturated carbocycles. The second kappa shape index (κ2) is 16.3. The Bertz CT molecular complexity index is 1180. The van der Waals surface area contributed by atoms with Crippen molar-refractivity contribution in [3.63, 3.8) is 0 Å². The van der Waals surface area contributed by atoms with Crippen LogP contribution in [0, 0.1) is 0 Å². The molecule has 0 fully saturated rings. The number of carboxylic acids is 1. The van der Waals surface area contributed by atoms with Crippen molar-refractivity contribution in [1.82, 2.24) is 19.9 Å². The van der Waals surface area contributed by atoms with Crippen LogP contribution in [-0.2, 0) is 11.8 Å². The van der Waals surface area contributed by atoms with Crippen LogP contribution in [0.3, 0.4) is 0 Å². The minimum absolute atomic E-state index is 0.280. The van der Waals surface area contributed by atoms with E-state index in [0.717, 1.165) is 0 Å². The highest BCUT2D eigenvalue weighted by atomic mass is 32.5. The van der Waals surface area contributed by atoms with E-state index in [0.29, 0.717) is 22.5 Å². The zero-order valence-corrected chi connectivity index (χ0v) is 20.5. The molecule has 0 atom stereocenters. The molecule has 0 aliphatic heterocycles. The Kier molecular flexibility index (Phi) is 13.8. The van der Waals surface area contributed by atoms with Crippen molar-refractivity contribution in [3.05, 3.63) is 109 Å². The van der Waals surface area contributed by atoms with Crippen LogP contribution in [-0.4, -0.2) is 50.8 Å². The molecule has 0 saturated heterocycles. The number of carbonyl (C=O) groups is 2. The number of nitrogens with zero attached hydrogens (tertiary/aromatic N) is 4. The zero-order chi connectivity index (χ0) is 26.1. The Morgan fingerprint density at radius 2 is 1.26 bits per heavy atom. The standard InChI is InChI=1S/C11H8N2OS.C7H6O2.C4H4N2.H3O3PS/c14-11(15)9-5-2-1-4-8(9)10-12-6-3-7-13-10;8-7(9)6-4-2-1-3-5-6;1-2-5-4-6-3-1;1-4(2,3)5/h1-7H,(H,14,15);1-5H,(H,8,9);1-4H;(H3,1,2,3,5). The van der Waals surface area contributed by atoms with Gasteiger partial charge in [-0.3, -0.25) is 4.79 Å². The summed E-state index contributed by atoms with van der Waals surface area (Å²) in [5.74, 6) is -0.342. The number of rotatable bonds is 3. The van der Waals surface area contributed by atoms with Crippen molar-refractivity contribution in [2.24, 2.45) is 0 Å². The molecule has 4 aromatic rings. The highest BCUT2D eigenvalue weighted by Crippen LogP contribution is 2.26. The number of carbonyl (C=O) groups excluding carboxylic acids is 1. The van der Waals surface area contributed by atoms with E-state index in [4.69, 9.17) is 19.8 Å². The third kappa shape index (κ3) is 14.5. The van der Waals surface area contributed by atoms with Crippen LogP contribution >= 0.6 is 19.3 Å². The van der Waals surface area contributed by atoms with E-state index in [1.54, 1.807) is 85.5 Å². The number of hydrogen-bond donors (Lipinski definition) is 5. The molecule has 2 aromatic heterocycles. The second-order valence-electron chi connectivity index (χ2n) is 6.01. The van der Waals surface area contributed by atoms with Gasteiger partial charge in [0.2, 0.25) is 5.12 Å². The van der Waals surface area contributed by atoms with Gasteiger partial charge in [-0.05, 0) is 42.1 Å². The lowest BCUT2D eigenvalue weighted by atomic mass is 10.1. The van der Waals surface area contributed by atoms with Crippen molar-refractivity contribution in [1.29, 1.82) is 0 Å². The van der Waals surface area contributed by atoms with E-state index in [-0.39, 0.29) is 5.12 Å². The molecule has 0 aliphatic rings. The van der Waals surface area contributed by atoms with E-state index in [1.807, 2.05) is 6.07 Å². The molecule has 4 N–H and O–H groups in total. The predicted molar refractivity (Wildman–Crippen MR) is 137 cm³/mol. The van der Waals surface area contributed by atoms with Crippen LogP contribution in [0.4, 0.5) is 0 Å². The van der Waals surface area contributed by atoms with Crippen LogP contribution in [0.1, 0.15) is 20.7 Å². The van der Waals surface area contributed by atoms with Crippen LogP contribution in [0.5, 0.6) is 0 Å². The Balaban J connectivity index is 0.000000260. The summed E-state index contributed by atoms with van der Waals surface area (Å²) in [6.45, 7) is -3.81. The minimum Gasteiger partial charge on any atom is -0.478 e. The maximum atomic E-state index is 11.2. The lowest BCUT2D eigenvalue weighted by Crippen LogP contribution is -1.96. The maximum Gasteiger partial charge on any atom is 0.335 e. The van der Waals surface area contributed by atoms with Gasteiger partial charge >= 0.3 is 12.7 Å². The summed E-state index contributed by atoms with van der Waals surface area (Å²) in [4.78, 5) is 59.7. The summed E-state index contributed by atoms with van der Waals surface area (Å²) >= 11 is 7.42. The van der Waals surface area contributed by atoms with Gasteiger partial charge in [0.1, 0.15) is 6.33 Å². The molecule has 0 unspecified atom stereocenters. The second-order valence-corrected chi connectivity index (χ2v) is 8.91. The van der Waals surface area contributed by atoms with Gasteiger partial charge in [0.25, 0.3) is 0 Å². The molecule has 2 heterocycles. The van der Waals surface area contributed by atoms with Crippen molar-refractivity contribution in [3.8, 4) is 11.4 Å². The molecule has 35 heavy (non-hydrogen) atoms. The van der Waals surface area contributed by atoms with E-state index < -0.39 is 12.7 Å². The number of hydrogen-bond acceptors (Lipinski definition) is 7. The predicted octanol–water partition coefficient (Wildman–Crippen LogP) is 3.26. The topological polar surface area (TPSA) is 167 Å². The monoisotopic (exact) mass is 532 g/mol. The summed E-state index contributed by atoms with van der Waals surface area (Å²) in [5.41, 5.74) is 1.56. The molecule has 0 aliphatic carbocycles. The lowest BCUT2D eigenvalue weighted by Gasteiger charge is -2.03. The largest absolute Gasteiger partial charge is 0.478 e. The van der Waals surface area contributed by atoms with Crippen LogP contribution < -0.4 is 0 Å². The molecule has 2 aromatic carbocycles. The summed E-state index contributed by atoms with van der Waals surface area (Å²) in [7, 11) is 0. The molecule has 182 valence electrons. The van der Waals surface area contributed by atoms with Gasteiger partial charge in [-0.25, -0.2) is 24.7 Å². The van der Waals surface area contributed by atoms with E-state index in [9.17, 15) is 9.59 Å². The fraction of sp³-hybridized carbons (Fsp3) is 0. The third-order valence-electron chi connectivity index (χ3n) is 3.46. The number of thiol groups is 1. The molecule has 0 spiro atoms. The summed E-state index contributed by atoms with van der Waals surface area (Å²) in [6, 6.07) is 18.9. The van der Waals surface area contributed by atoms with Gasteiger partial charge in [-0.2, -0.15) is 0 Å². The average molecular weight is 533 g/mol. The fourth-order valence-corrected chi connectivity index (χ4v) is 2.33. The molecule has 0 amide bonds. The van der Waals surface area contributed by atoms with Gasteiger partial charge < -0.3 is 19.8 Å². The normalized spacial score (nSPS) is 9.60. The van der Waals surface area contributed by atoms with Gasteiger partial charge in [0.05, 0.1) is 5.56 Å². The van der Waals surface area contributed by atoms with E-state index in [1.165, 1.54) is 6.33 Å². The van der Waals surface area contributed by atoms with E-state index >= 15 is 0 Å². The SMILES string of the molecule is O=C(O)c1ccccc1.O=C(S)c1ccccc1-c1ncccn1.OP(O)(O)=S.c1cncnc1. The number of aromatic nitrogens is 4. The summed E-state index contributed by atoms with van der Waals surface area (Å²) < 4.78 is 0. The van der Waals surface area contributed by atoms with Gasteiger partial charge in [0.15, 0.2) is 5.82 Å². The van der Waals surface area contributed by atoms with Gasteiger partial charge in [0, 0.05) is 35.9 Å². The molecular formula is C22H21N4O6PS2. The fourth-order valence-electron chi connectivity index (χ4n) is 2.14. The minimum atomic E-state index is -3.81. The Hall–Kier alpha value is -3.38. The molecule has 0 radical (unpaired) electrons. The molecule has 0 bridgehead atoms. The van der Waals surface area contributed by atoms with E-state index in [2.05, 4.69) is 44.4 Å². The van der Waals surface area contributed by atoms with Gasteiger partial charge in [-0.1, -0.05) is 36.4 Å². The summed E-state index contributed by atoms with van der Waals surface area (Å²) in [5, 5.41) is 8.11. The first-order valence-corrected chi connectivity index (χ1v) is 12.6. The molecular weight excluding hydrogens is 511 g/mol. The van der Waals surface area contributed by atoms with Crippen molar-refractivity contribution in [2.75, 3.05) is 0 Å². The highest BCUT2D eigenvalue weighted by molar-refractivity contribution is 8.06. The molecule has 13 heteroatoms.